The molecular formula is C20H41IN4O. The number of piperidine rings is 1. The molecule has 1 saturated heterocycles. The summed E-state index contributed by atoms with van der Waals surface area (Å²) in [5.41, 5.74) is 0.382. The Labute approximate surface area is 178 Å². The molecule has 1 fully saturated rings. The number of hydrogen-bond donors (Lipinski definition) is 2. The number of aliphatic imine (C=N–C) groups is 1. The molecule has 154 valence electrons. The first kappa shape index (κ1) is 25.5. The molecule has 2 N–H and O–H groups in total. The monoisotopic (exact) mass is 480 g/mol. The summed E-state index contributed by atoms with van der Waals surface area (Å²) in [7, 11) is 1.82. The van der Waals surface area contributed by atoms with E-state index in [2.05, 4.69) is 55.1 Å². The number of halogens is 1. The highest BCUT2D eigenvalue weighted by Gasteiger charge is 2.26. The van der Waals surface area contributed by atoms with Gasteiger partial charge in [0, 0.05) is 38.6 Å². The van der Waals surface area contributed by atoms with Crippen molar-refractivity contribution in [2.45, 2.75) is 79.2 Å². The smallest absolute Gasteiger partial charge is 0.225 e. The van der Waals surface area contributed by atoms with Gasteiger partial charge in [-0.25, -0.2) is 0 Å². The van der Waals surface area contributed by atoms with Crippen LogP contribution in [0.3, 0.4) is 0 Å². The molecule has 0 saturated carbocycles. The van der Waals surface area contributed by atoms with Gasteiger partial charge in [-0.3, -0.25) is 9.79 Å². The third-order valence-corrected chi connectivity index (χ3v) is 5.10. The fraction of sp³-hybridized carbons (Fsp3) is 0.900. The number of nitrogens with one attached hydrogen (secondary N) is 2. The Morgan fingerprint density at radius 3 is 2.23 bits per heavy atom. The van der Waals surface area contributed by atoms with E-state index in [1.807, 2.05) is 7.05 Å². The average molecular weight is 480 g/mol. The molecule has 26 heavy (non-hydrogen) atoms. The second-order valence-electron chi connectivity index (χ2n) is 8.42. The lowest BCUT2D eigenvalue weighted by atomic mass is 9.91. The lowest BCUT2D eigenvalue weighted by Gasteiger charge is -2.35. The second-order valence-corrected chi connectivity index (χ2v) is 8.42. The minimum absolute atomic E-state index is 0. The van der Waals surface area contributed by atoms with Crippen molar-refractivity contribution >= 4 is 35.8 Å². The van der Waals surface area contributed by atoms with Crippen LogP contribution < -0.4 is 10.6 Å². The van der Waals surface area contributed by atoms with Crippen LogP contribution in [-0.4, -0.2) is 49.5 Å². The zero-order valence-electron chi connectivity index (χ0n) is 17.7. The van der Waals surface area contributed by atoms with Crippen LogP contribution in [-0.2, 0) is 4.79 Å². The third kappa shape index (κ3) is 9.42. The number of nitrogens with zero attached hydrogens (tertiary/aromatic N) is 2. The molecule has 0 aliphatic carbocycles. The molecule has 0 aromatic carbocycles. The predicted molar refractivity (Wildman–Crippen MR) is 122 cm³/mol. The first-order valence-electron chi connectivity index (χ1n) is 10.1. The Morgan fingerprint density at radius 2 is 1.77 bits per heavy atom. The van der Waals surface area contributed by atoms with E-state index in [1.54, 1.807) is 0 Å². The molecule has 1 amide bonds. The molecule has 5 nitrogen and oxygen atoms in total. The molecule has 1 aliphatic heterocycles. The molecule has 0 spiro atoms. The van der Waals surface area contributed by atoms with Gasteiger partial charge in [-0.15, -0.1) is 24.0 Å². The Bertz CT molecular complexity index is 422. The zero-order chi connectivity index (χ0) is 18.9. The number of guanidine groups is 1. The van der Waals surface area contributed by atoms with Crippen LogP contribution in [0, 0.1) is 11.3 Å². The lowest BCUT2D eigenvalue weighted by molar-refractivity contribution is -0.136. The van der Waals surface area contributed by atoms with E-state index in [4.69, 9.17) is 0 Å². The van der Waals surface area contributed by atoms with Crippen LogP contribution in [0.25, 0.3) is 0 Å². The molecular weight excluding hydrogens is 439 g/mol. The van der Waals surface area contributed by atoms with E-state index < -0.39 is 0 Å². The fourth-order valence-corrected chi connectivity index (χ4v) is 3.35. The first-order valence-corrected chi connectivity index (χ1v) is 10.1. The van der Waals surface area contributed by atoms with Crippen molar-refractivity contribution in [2.24, 2.45) is 16.3 Å². The van der Waals surface area contributed by atoms with Crippen molar-refractivity contribution in [1.82, 2.24) is 15.5 Å². The summed E-state index contributed by atoms with van der Waals surface area (Å²) in [6.07, 6.45) is 6.22. The Hall–Kier alpha value is -0.530. The number of hydrogen-bond acceptors (Lipinski definition) is 2. The summed E-state index contributed by atoms with van der Waals surface area (Å²) in [4.78, 5) is 18.9. The minimum atomic E-state index is 0. The van der Waals surface area contributed by atoms with Crippen molar-refractivity contribution in [3.8, 4) is 0 Å². The fourth-order valence-electron chi connectivity index (χ4n) is 3.35. The number of rotatable bonds is 7. The first-order chi connectivity index (χ1) is 11.8. The summed E-state index contributed by atoms with van der Waals surface area (Å²) in [6, 6.07) is 0.402. The summed E-state index contributed by atoms with van der Waals surface area (Å²) in [5.74, 6) is 1.42. The van der Waals surface area contributed by atoms with Gasteiger partial charge in [0.1, 0.15) is 0 Å². The van der Waals surface area contributed by atoms with Gasteiger partial charge in [-0.2, -0.15) is 0 Å². The number of carbonyl (C=O) groups excluding carboxylic acids is 1. The summed E-state index contributed by atoms with van der Waals surface area (Å²) < 4.78 is 0. The summed E-state index contributed by atoms with van der Waals surface area (Å²) >= 11 is 0. The SMILES string of the molecule is CCC(CC)C(=O)N1CCC(NC(=NC)NCCCC(C)(C)C)CC1.I. The van der Waals surface area contributed by atoms with Crippen molar-refractivity contribution in [3.05, 3.63) is 0 Å². The van der Waals surface area contributed by atoms with Gasteiger partial charge in [-0.1, -0.05) is 34.6 Å². The van der Waals surface area contributed by atoms with Crippen LogP contribution >= 0.6 is 24.0 Å². The molecule has 0 radical (unpaired) electrons. The summed E-state index contributed by atoms with van der Waals surface area (Å²) in [6.45, 7) is 13.7. The van der Waals surface area contributed by atoms with Gasteiger partial charge in [0.2, 0.25) is 5.91 Å². The van der Waals surface area contributed by atoms with Gasteiger partial charge in [0.15, 0.2) is 5.96 Å². The second kappa shape index (κ2) is 12.8. The Morgan fingerprint density at radius 1 is 1.19 bits per heavy atom. The highest BCUT2D eigenvalue weighted by atomic mass is 127. The minimum Gasteiger partial charge on any atom is -0.356 e. The highest BCUT2D eigenvalue weighted by molar-refractivity contribution is 14.0. The lowest BCUT2D eigenvalue weighted by Crippen LogP contribution is -2.50. The number of carbonyl (C=O) groups is 1. The van der Waals surface area contributed by atoms with Crippen LogP contribution in [0.5, 0.6) is 0 Å². The van der Waals surface area contributed by atoms with E-state index in [-0.39, 0.29) is 29.9 Å². The molecule has 1 rings (SSSR count). The number of likely N-dealkylation sites (tertiary alicyclic amines) is 1. The maximum absolute atomic E-state index is 12.5. The van der Waals surface area contributed by atoms with Gasteiger partial charge in [-0.05, 0) is 43.9 Å². The topological polar surface area (TPSA) is 56.7 Å². The quantitative estimate of drug-likeness (QED) is 0.251. The number of amides is 1. The highest BCUT2D eigenvalue weighted by Crippen LogP contribution is 2.20. The van der Waals surface area contributed by atoms with Crippen LogP contribution in [0.1, 0.15) is 73.1 Å². The van der Waals surface area contributed by atoms with Crippen LogP contribution in [0.2, 0.25) is 0 Å². The van der Waals surface area contributed by atoms with E-state index in [0.29, 0.717) is 17.4 Å². The normalized spacial score (nSPS) is 16.4. The molecule has 1 aliphatic rings. The van der Waals surface area contributed by atoms with Crippen LogP contribution in [0.15, 0.2) is 4.99 Å². The molecule has 6 heteroatoms. The van der Waals surface area contributed by atoms with E-state index in [0.717, 1.165) is 57.7 Å². The van der Waals surface area contributed by atoms with Crippen molar-refractivity contribution < 1.29 is 4.79 Å². The van der Waals surface area contributed by atoms with Gasteiger partial charge >= 0.3 is 0 Å². The summed E-state index contributed by atoms with van der Waals surface area (Å²) in [5, 5.41) is 6.94. The van der Waals surface area contributed by atoms with Crippen molar-refractivity contribution in [3.63, 3.8) is 0 Å². The van der Waals surface area contributed by atoms with Gasteiger partial charge in [0.25, 0.3) is 0 Å². The third-order valence-electron chi connectivity index (χ3n) is 5.10. The van der Waals surface area contributed by atoms with Crippen molar-refractivity contribution in [1.29, 1.82) is 0 Å². The van der Waals surface area contributed by atoms with Gasteiger partial charge in [0.05, 0.1) is 0 Å². The van der Waals surface area contributed by atoms with E-state index in [9.17, 15) is 4.79 Å². The molecule has 0 aromatic rings. The molecule has 0 bridgehead atoms. The average Bonchev–Trinajstić information content (AvgIpc) is 2.58. The standard InChI is InChI=1S/C20H40N4O.HI/c1-7-16(8-2)18(25)24-14-10-17(11-15-24)23-19(21-6)22-13-9-12-20(3,4)5;/h16-17H,7-15H2,1-6H3,(H2,21,22,23);1H. The molecule has 1 heterocycles. The van der Waals surface area contributed by atoms with Gasteiger partial charge < -0.3 is 15.5 Å². The Kier molecular flexibility index (Phi) is 12.5. The maximum Gasteiger partial charge on any atom is 0.225 e. The molecule has 0 atom stereocenters. The zero-order valence-corrected chi connectivity index (χ0v) is 20.1. The van der Waals surface area contributed by atoms with E-state index in [1.165, 1.54) is 6.42 Å². The molecule has 0 unspecified atom stereocenters. The van der Waals surface area contributed by atoms with E-state index >= 15 is 0 Å². The Balaban J connectivity index is 0.00000625. The molecule has 0 aromatic heterocycles. The largest absolute Gasteiger partial charge is 0.356 e. The van der Waals surface area contributed by atoms with Crippen LogP contribution in [0.4, 0.5) is 0 Å². The maximum atomic E-state index is 12.5. The predicted octanol–water partition coefficient (Wildman–Crippen LogP) is 4.02. The van der Waals surface area contributed by atoms with Crippen molar-refractivity contribution in [2.75, 3.05) is 26.7 Å².